The highest BCUT2D eigenvalue weighted by Crippen LogP contribution is 2.32. The molecule has 0 fully saturated rings. The molecule has 1 aromatic carbocycles. The summed E-state index contributed by atoms with van der Waals surface area (Å²) in [6, 6.07) is 4.32. The topological polar surface area (TPSA) is 74.2 Å². The lowest BCUT2D eigenvalue weighted by molar-refractivity contribution is -0.0583. The Labute approximate surface area is 123 Å². The number of anilines is 1. The lowest BCUT2D eigenvalue weighted by Gasteiger charge is -2.27. The summed E-state index contributed by atoms with van der Waals surface area (Å²) in [6.45, 7) is 6.53. The molecule has 114 valence electrons. The van der Waals surface area contributed by atoms with E-state index in [0.29, 0.717) is 23.9 Å². The second-order valence-corrected chi connectivity index (χ2v) is 4.79. The molecule has 0 saturated carbocycles. The third-order valence-corrected chi connectivity index (χ3v) is 3.64. The molecule has 2 aromatic rings. The van der Waals surface area contributed by atoms with Crippen LogP contribution in [0.4, 0.5) is 10.1 Å². The van der Waals surface area contributed by atoms with Crippen molar-refractivity contribution in [1.29, 1.82) is 0 Å². The maximum absolute atomic E-state index is 13.2. The summed E-state index contributed by atoms with van der Waals surface area (Å²) in [6.07, 6.45) is 1.48. The molecular weight excluding hydrogens is 273 g/mol. The van der Waals surface area contributed by atoms with Gasteiger partial charge in [0.2, 0.25) is 5.82 Å². The van der Waals surface area contributed by atoms with Crippen molar-refractivity contribution in [2.24, 2.45) is 0 Å². The van der Waals surface area contributed by atoms with E-state index in [1.165, 1.54) is 12.1 Å². The first-order valence-electron chi connectivity index (χ1n) is 7.09. The summed E-state index contributed by atoms with van der Waals surface area (Å²) in [5.41, 5.74) is 5.65. The van der Waals surface area contributed by atoms with Gasteiger partial charge in [-0.3, -0.25) is 0 Å². The van der Waals surface area contributed by atoms with Gasteiger partial charge >= 0.3 is 0 Å². The fourth-order valence-electron chi connectivity index (χ4n) is 2.31. The average molecular weight is 293 g/mol. The zero-order valence-corrected chi connectivity index (χ0v) is 12.5. The SMILES string of the molecule is CCOC(CC)(CC)c1noc(-c2ccc(F)c(N)c2)n1. The van der Waals surface area contributed by atoms with Crippen molar-refractivity contribution < 1.29 is 13.7 Å². The van der Waals surface area contributed by atoms with Crippen molar-refractivity contribution in [2.75, 3.05) is 12.3 Å². The molecule has 0 aliphatic heterocycles. The molecule has 0 aliphatic carbocycles. The maximum atomic E-state index is 13.2. The van der Waals surface area contributed by atoms with Gasteiger partial charge in [0.1, 0.15) is 11.4 Å². The molecule has 2 rings (SSSR count). The third kappa shape index (κ3) is 2.90. The largest absolute Gasteiger partial charge is 0.396 e. The minimum Gasteiger partial charge on any atom is -0.396 e. The number of nitrogen functional groups attached to an aromatic ring is 1. The van der Waals surface area contributed by atoms with Crippen molar-refractivity contribution in [3.8, 4) is 11.5 Å². The number of nitrogens with two attached hydrogens (primary N) is 1. The van der Waals surface area contributed by atoms with Crippen LogP contribution in [-0.2, 0) is 10.3 Å². The molecule has 21 heavy (non-hydrogen) atoms. The molecule has 0 aliphatic rings. The van der Waals surface area contributed by atoms with Crippen LogP contribution in [0.5, 0.6) is 0 Å². The van der Waals surface area contributed by atoms with Gasteiger partial charge in [-0.2, -0.15) is 4.98 Å². The standard InChI is InChI=1S/C15H20FN3O2/c1-4-15(5-2,20-6-3)14-18-13(21-19-14)10-7-8-11(16)12(17)9-10/h7-9H,4-6,17H2,1-3H3. The number of nitrogens with zero attached hydrogens (tertiary/aromatic N) is 2. The summed E-state index contributed by atoms with van der Waals surface area (Å²) in [5.74, 6) is 0.346. The van der Waals surface area contributed by atoms with Gasteiger partial charge in [0, 0.05) is 12.2 Å². The molecule has 2 N–H and O–H groups in total. The first kappa shape index (κ1) is 15.4. The van der Waals surface area contributed by atoms with Crippen LogP contribution in [0, 0.1) is 5.82 Å². The summed E-state index contributed by atoms with van der Waals surface area (Å²) >= 11 is 0. The van der Waals surface area contributed by atoms with Crippen molar-refractivity contribution in [2.45, 2.75) is 39.2 Å². The van der Waals surface area contributed by atoms with Crippen LogP contribution in [0.3, 0.4) is 0 Å². The number of rotatable bonds is 6. The van der Waals surface area contributed by atoms with E-state index in [0.717, 1.165) is 12.8 Å². The minimum absolute atomic E-state index is 0.0503. The zero-order valence-electron chi connectivity index (χ0n) is 12.5. The summed E-state index contributed by atoms with van der Waals surface area (Å²) < 4.78 is 24.3. The first-order valence-corrected chi connectivity index (χ1v) is 7.09. The van der Waals surface area contributed by atoms with E-state index in [2.05, 4.69) is 10.1 Å². The summed E-state index contributed by atoms with van der Waals surface area (Å²) in [5, 5.41) is 4.03. The summed E-state index contributed by atoms with van der Waals surface area (Å²) in [7, 11) is 0. The fraction of sp³-hybridized carbons (Fsp3) is 0.467. The van der Waals surface area contributed by atoms with Gasteiger partial charge < -0.3 is 15.0 Å². The Hall–Kier alpha value is -1.95. The highest BCUT2D eigenvalue weighted by Gasteiger charge is 2.34. The van der Waals surface area contributed by atoms with Gasteiger partial charge in [-0.1, -0.05) is 19.0 Å². The van der Waals surface area contributed by atoms with Crippen LogP contribution in [0.25, 0.3) is 11.5 Å². The van der Waals surface area contributed by atoms with Gasteiger partial charge in [-0.25, -0.2) is 4.39 Å². The molecular formula is C15H20FN3O2. The Morgan fingerprint density at radius 2 is 2.00 bits per heavy atom. The van der Waals surface area contributed by atoms with E-state index in [-0.39, 0.29) is 5.69 Å². The van der Waals surface area contributed by atoms with Crippen molar-refractivity contribution in [1.82, 2.24) is 10.1 Å². The number of hydrogen-bond donors (Lipinski definition) is 1. The predicted molar refractivity (Wildman–Crippen MR) is 78.0 cm³/mol. The van der Waals surface area contributed by atoms with Crippen LogP contribution in [-0.4, -0.2) is 16.7 Å². The van der Waals surface area contributed by atoms with Gasteiger partial charge in [-0.15, -0.1) is 0 Å². The molecule has 5 nitrogen and oxygen atoms in total. The smallest absolute Gasteiger partial charge is 0.258 e. The van der Waals surface area contributed by atoms with Crippen molar-refractivity contribution >= 4 is 5.69 Å². The van der Waals surface area contributed by atoms with E-state index >= 15 is 0 Å². The minimum atomic E-state index is -0.553. The lowest BCUT2D eigenvalue weighted by atomic mass is 9.96. The summed E-state index contributed by atoms with van der Waals surface area (Å²) in [4.78, 5) is 4.40. The molecule has 1 heterocycles. The lowest BCUT2D eigenvalue weighted by Crippen LogP contribution is -2.29. The number of ether oxygens (including phenoxy) is 1. The average Bonchev–Trinajstić information content (AvgIpc) is 2.98. The Balaban J connectivity index is 2.38. The molecule has 0 radical (unpaired) electrons. The third-order valence-electron chi connectivity index (χ3n) is 3.64. The van der Waals surface area contributed by atoms with Gasteiger partial charge in [-0.05, 0) is 38.0 Å². The molecule has 1 aromatic heterocycles. The predicted octanol–water partition coefficient (Wildman–Crippen LogP) is 3.51. The van der Waals surface area contributed by atoms with E-state index in [9.17, 15) is 4.39 Å². The molecule has 0 saturated heterocycles. The first-order chi connectivity index (χ1) is 10.1. The van der Waals surface area contributed by atoms with Crippen LogP contribution in [0.15, 0.2) is 22.7 Å². The molecule has 0 amide bonds. The zero-order chi connectivity index (χ0) is 15.5. The van der Waals surface area contributed by atoms with Gasteiger partial charge in [0.15, 0.2) is 0 Å². The van der Waals surface area contributed by atoms with Crippen LogP contribution in [0.2, 0.25) is 0 Å². The normalized spacial score (nSPS) is 11.8. The van der Waals surface area contributed by atoms with Crippen LogP contribution in [0.1, 0.15) is 39.4 Å². The number of hydrogen-bond acceptors (Lipinski definition) is 5. The molecule has 0 spiro atoms. The molecule has 0 atom stereocenters. The van der Waals surface area contributed by atoms with Gasteiger partial charge in [0.25, 0.3) is 5.89 Å². The second kappa shape index (κ2) is 6.22. The highest BCUT2D eigenvalue weighted by atomic mass is 19.1. The Morgan fingerprint density at radius 3 is 2.57 bits per heavy atom. The fourth-order valence-corrected chi connectivity index (χ4v) is 2.31. The Morgan fingerprint density at radius 1 is 1.29 bits per heavy atom. The molecule has 0 unspecified atom stereocenters. The quantitative estimate of drug-likeness (QED) is 0.825. The number of benzene rings is 1. The van der Waals surface area contributed by atoms with E-state index in [1.807, 2.05) is 20.8 Å². The molecule has 6 heteroatoms. The van der Waals surface area contributed by atoms with E-state index in [1.54, 1.807) is 6.07 Å². The number of halogens is 1. The van der Waals surface area contributed by atoms with Crippen LogP contribution >= 0.6 is 0 Å². The van der Waals surface area contributed by atoms with E-state index in [4.69, 9.17) is 15.0 Å². The molecule has 0 bridgehead atoms. The Bertz CT molecular complexity index is 609. The maximum Gasteiger partial charge on any atom is 0.258 e. The number of aromatic nitrogens is 2. The Kier molecular flexibility index (Phi) is 4.57. The van der Waals surface area contributed by atoms with E-state index < -0.39 is 11.4 Å². The van der Waals surface area contributed by atoms with Gasteiger partial charge in [0.05, 0.1) is 5.69 Å². The van der Waals surface area contributed by atoms with Crippen molar-refractivity contribution in [3.05, 3.63) is 29.8 Å². The van der Waals surface area contributed by atoms with Crippen molar-refractivity contribution in [3.63, 3.8) is 0 Å². The monoisotopic (exact) mass is 293 g/mol. The van der Waals surface area contributed by atoms with Crippen LogP contribution < -0.4 is 5.73 Å². The second-order valence-electron chi connectivity index (χ2n) is 4.79. The highest BCUT2D eigenvalue weighted by molar-refractivity contribution is 5.60.